The number of likely N-dealkylation sites (tertiary alicyclic amines) is 1. The third-order valence-electron chi connectivity index (χ3n) is 5.21. The summed E-state index contributed by atoms with van der Waals surface area (Å²) >= 11 is 0. The van der Waals surface area contributed by atoms with Gasteiger partial charge in [0.15, 0.2) is 0 Å². The first kappa shape index (κ1) is 17.9. The van der Waals surface area contributed by atoms with E-state index in [1.54, 1.807) is 7.11 Å². The molecule has 0 saturated carbocycles. The van der Waals surface area contributed by atoms with Crippen molar-refractivity contribution in [3.8, 4) is 5.69 Å². The molecule has 0 radical (unpaired) electrons. The van der Waals surface area contributed by atoms with Gasteiger partial charge in [0.2, 0.25) is 0 Å². The van der Waals surface area contributed by atoms with Crippen LogP contribution in [0.25, 0.3) is 5.69 Å². The quantitative estimate of drug-likeness (QED) is 0.671. The van der Waals surface area contributed by atoms with E-state index in [0.29, 0.717) is 5.92 Å². The van der Waals surface area contributed by atoms with E-state index in [1.165, 1.54) is 11.1 Å². The molecule has 1 aromatic carbocycles. The Balaban J connectivity index is 1.41. The smallest absolute Gasteiger partial charge is 0.137 e. The average molecular weight is 366 g/mol. The van der Waals surface area contributed by atoms with Gasteiger partial charge in [0, 0.05) is 56.9 Å². The van der Waals surface area contributed by atoms with Crippen LogP contribution >= 0.6 is 0 Å². The molecular formula is C21H26N4O2. The van der Waals surface area contributed by atoms with Crippen LogP contribution in [-0.4, -0.2) is 46.1 Å². The molecule has 0 N–H and O–H groups in total. The summed E-state index contributed by atoms with van der Waals surface area (Å²) in [4.78, 5) is 2.43. The topological polar surface area (TPSA) is 56.3 Å². The second kappa shape index (κ2) is 7.66. The van der Waals surface area contributed by atoms with Crippen LogP contribution in [0, 0.1) is 19.8 Å². The highest BCUT2D eigenvalue weighted by molar-refractivity contribution is 5.35. The molecule has 6 nitrogen and oxygen atoms in total. The molecule has 3 aromatic rings. The van der Waals surface area contributed by atoms with Gasteiger partial charge < -0.3 is 9.26 Å². The van der Waals surface area contributed by atoms with Crippen LogP contribution in [0.2, 0.25) is 0 Å². The number of hydrogen-bond acceptors (Lipinski definition) is 5. The summed E-state index contributed by atoms with van der Waals surface area (Å²) in [6.45, 7) is 6.82. The van der Waals surface area contributed by atoms with Crippen molar-refractivity contribution in [2.24, 2.45) is 5.92 Å². The molecule has 1 aliphatic heterocycles. The molecule has 142 valence electrons. The second-order valence-corrected chi connectivity index (χ2v) is 7.50. The third-order valence-corrected chi connectivity index (χ3v) is 5.21. The number of aromatic nitrogens is 3. The first-order valence-electron chi connectivity index (χ1n) is 9.38. The number of ether oxygens (including phenoxy) is 1. The van der Waals surface area contributed by atoms with Crippen LogP contribution < -0.4 is 0 Å². The van der Waals surface area contributed by atoms with E-state index in [4.69, 9.17) is 9.26 Å². The Morgan fingerprint density at radius 3 is 2.85 bits per heavy atom. The van der Waals surface area contributed by atoms with Gasteiger partial charge >= 0.3 is 0 Å². The van der Waals surface area contributed by atoms with E-state index in [2.05, 4.69) is 52.5 Å². The predicted octanol–water partition coefficient (Wildman–Crippen LogP) is 3.17. The minimum atomic E-state index is 0.210. The maximum Gasteiger partial charge on any atom is 0.137 e. The fourth-order valence-electron chi connectivity index (χ4n) is 3.90. The van der Waals surface area contributed by atoms with Crippen LogP contribution in [-0.2, 0) is 17.7 Å². The van der Waals surface area contributed by atoms with Crippen molar-refractivity contribution < 1.29 is 9.26 Å². The minimum Gasteiger partial charge on any atom is -0.380 e. The molecule has 1 aliphatic rings. The van der Waals surface area contributed by atoms with Gasteiger partial charge in [-0.05, 0) is 31.5 Å². The fraction of sp³-hybridized carbons (Fsp3) is 0.429. The van der Waals surface area contributed by atoms with E-state index >= 15 is 0 Å². The van der Waals surface area contributed by atoms with Crippen LogP contribution in [0.1, 0.15) is 22.6 Å². The maximum atomic E-state index is 5.73. The molecule has 4 rings (SSSR count). The summed E-state index contributed by atoms with van der Waals surface area (Å²) in [6.07, 6.45) is 5.14. The number of benzene rings is 1. The van der Waals surface area contributed by atoms with Crippen molar-refractivity contribution in [3.63, 3.8) is 0 Å². The summed E-state index contributed by atoms with van der Waals surface area (Å²) in [5.41, 5.74) is 4.47. The highest BCUT2D eigenvalue weighted by Gasteiger charge is 2.33. The molecule has 27 heavy (non-hydrogen) atoms. The fourth-order valence-corrected chi connectivity index (χ4v) is 3.90. The Morgan fingerprint density at radius 2 is 2.11 bits per heavy atom. The lowest BCUT2D eigenvalue weighted by Crippen LogP contribution is -2.23. The van der Waals surface area contributed by atoms with Crippen LogP contribution in [0.15, 0.2) is 47.2 Å². The third kappa shape index (κ3) is 4.12. The van der Waals surface area contributed by atoms with Crippen molar-refractivity contribution in [3.05, 3.63) is 65.3 Å². The second-order valence-electron chi connectivity index (χ2n) is 7.50. The van der Waals surface area contributed by atoms with E-state index in [9.17, 15) is 0 Å². The highest BCUT2D eigenvalue weighted by Crippen LogP contribution is 2.25. The standard InChI is InChI=1S/C21H26N4O2/c1-15-5-4-6-19(7-15)25-12-17(10-22-25)11-24-13-18(21(14-24)26-3)9-20-8-16(2)23-27-20/h4-8,10,12,18,21H,9,11,13-14H2,1-3H3/t18-,21+/m1/s1. The van der Waals surface area contributed by atoms with E-state index < -0.39 is 0 Å². The van der Waals surface area contributed by atoms with Crippen LogP contribution in [0.5, 0.6) is 0 Å². The summed E-state index contributed by atoms with van der Waals surface area (Å²) in [5, 5.41) is 8.53. The lowest BCUT2D eigenvalue weighted by Gasteiger charge is -2.14. The predicted molar refractivity (Wildman–Crippen MR) is 103 cm³/mol. The molecule has 2 atom stereocenters. The first-order valence-corrected chi connectivity index (χ1v) is 9.38. The van der Waals surface area contributed by atoms with Gasteiger partial charge in [0.05, 0.1) is 23.7 Å². The summed E-state index contributed by atoms with van der Waals surface area (Å²) in [6, 6.07) is 10.4. The van der Waals surface area contributed by atoms with Crippen LogP contribution in [0.4, 0.5) is 0 Å². The monoisotopic (exact) mass is 366 g/mol. The van der Waals surface area contributed by atoms with Crippen molar-refractivity contribution in [2.45, 2.75) is 32.9 Å². The number of methoxy groups -OCH3 is 1. The zero-order chi connectivity index (χ0) is 18.8. The van der Waals surface area contributed by atoms with Gasteiger partial charge in [-0.2, -0.15) is 5.10 Å². The molecule has 1 fully saturated rings. The average Bonchev–Trinajstić information content (AvgIpc) is 3.36. The number of hydrogen-bond donors (Lipinski definition) is 0. The maximum absolute atomic E-state index is 5.73. The normalized spacial score (nSPS) is 20.4. The van der Waals surface area contributed by atoms with E-state index in [-0.39, 0.29) is 6.10 Å². The van der Waals surface area contributed by atoms with Gasteiger partial charge in [-0.1, -0.05) is 17.3 Å². The van der Waals surface area contributed by atoms with E-state index in [0.717, 1.165) is 43.2 Å². The zero-order valence-corrected chi connectivity index (χ0v) is 16.1. The van der Waals surface area contributed by atoms with Crippen molar-refractivity contribution in [1.82, 2.24) is 19.8 Å². The lowest BCUT2D eigenvalue weighted by molar-refractivity contribution is 0.0761. The SMILES string of the molecule is CO[C@H]1CN(Cc2cnn(-c3cccc(C)c3)c2)C[C@H]1Cc1cc(C)no1. The molecule has 1 saturated heterocycles. The Morgan fingerprint density at radius 1 is 1.22 bits per heavy atom. The largest absolute Gasteiger partial charge is 0.380 e. The number of aryl methyl sites for hydroxylation is 2. The van der Waals surface area contributed by atoms with Gasteiger partial charge in [-0.3, -0.25) is 4.90 Å². The Labute approximate surface area is 159 Å². The molecule has 0 aliphatic carbocycles. The summed E-state index contributed by atoms with van der Waals surface area (Å²) in [7, 11) is 1.79. The molecule has 0 spiro atoms. The molecule has 2 aromatic heterocycles. The summed E-state index contributed by atoms with van der Waals surface area (Å²) in [5.74, 6) is 1.35. The van der Waals surface area contributed by atoms with Gasteiger partial charge in [-0.15, -0.1) is 0 Å². The van der Waals surface area contributed by atoms with Crippen LogP contribution in [0.3, 0.4) is 0 Å². The minimum absolute atomic E-state index is 0.210. The van der Waals surface area contributed by atoms with Gasteiger partial charge in [-0.25, -0.2) is 4.68 Å². The molecule has 0 unspecified atom stereocenters. The molecule has 0 bridgehead atoms. The first-order chi connectivity index (χ1) is 13.1. The Kier molecular flexibility index (Phi) is 5.09. The number of rotatable bonds is 6. The molecule has 6 heteroatoms. The van der Waals surface area contributed by atoms with Gasteiger partial charge in [0.25, 0.3) is 0 Å². The Bertz CT molecular complexity index is 901. The molecule has 3 heterocycles. The van der Waals surface area contributed by atoms with Crippen molar-refractivity contribution in [2.75, 3.05) is 20.2 Å². The highest BCUT2D eigenvalue weighted by atomic mass is 16.5. The van der Waals surface area contributed by atoms with Crippen molar-refractivity contribution in [1.29, 1.82) is 0 Å². The Hall–Kier alpha value is -2.44. The molecular weight excluding hydrogens is 340 g/mol. The lowest BCUT2D eigenvalue weighted by atomic mass is 10.0. The van der Waals surface area contributed by atoms with Gasteiger partial charge in [0.1, 0.15) is 5.76 Å². The number of nitrogens with zero attached hydrogens (tertiary/aromatic N) is 4. The van der Waals surface area contributed by atoms with E-state index in [1.807, 2.05) is 23.9 Å². The zero-order valence-electron chi connectivity index (χ0n) is 16.1. The summed E-state index contributed by atoms with van der Waals surface area (Å²) < 4.78 is 13.1. The molecule has 0 amide bonds. The van der Waals surface area contributed by atoms with Crippen molar-refractivity contribution >= 4 is 0 Å².